The van der Waals surface area contributed by atoms with Crippen LogP contribution in [0.2, 0.25) is 0 Å². The molecule has 2 rings (SSSR count). The second kappa shape index (κ2) is 6.99. The van der Waals surface area contributed by atoms with E-state index >= 15 is 0 Å². The molecule has 5 heteroatoms. The lowest BCUT2D eigenvalue weighted by atomic mass is 10.3. The Balaban J connectivity index is 2.33. The van der Waals surface area contributed by atoms with Crippen LogP contribution in [-0.2, 0) is 6.54 Å². The van der Waals surface area contributed by atoms with Crippen LogP contribution >= 0.6 is 11.8 Å². The molecule has 0 saturated carbocycles. The minimum absolute atomic E-state index is 0.466. The summed E-state index contributed by atoms with van der Waals surface area (Å²) >= 11 is 1.86. The van der Waals surface area contributed by atoms with Gasteiger partial charge in [0, 0.05) is 38.1 Å². The topological polar surface area (TPSA) is 32.6 Å². The van der Waals surface area contributed by atoms with Gasteiger partial charge in [-0.15, -0.1) is 0 Å². The molecule has 0 atom stereocenters. The van der Waals surface area contributed by atoms with Crippen LogP contribution in [0.3, 0.4) is 0 Å². The Morgan fingerprint density at radius 3 is 2.90 bits per heavy atom. The van der Waals surface area contributed by atoms with E-state index in [9.17, 15) is 0 Å². The van der Waals surface area contributed by atoms with Crippen LogP contribution in [0.1, 0.15) is 19.5 Å². The van der Waals surface area contributed by atoms with Crippen molar-refractivity contribution in [3.63, 3.8) is 0 Å². The molecule has 1 N–H and O–H groups in total. The maximum atomic E-state index is 4.78. The Morgan fingerprint density at radius 1 is 1.40 bits per heavy atom. The Labute approximate surface area is 125 Å². The first-order valence-corrected chi connectivity index (χ1v) is 8.42. The van der Waals surface area contributed by atoms with E-state index in [-0.39, 0.29) is 0 Å². The Hall–Kier alpha value is -1.20. The number of pyridine rings is 1. The smallest absolute Gasteiger partial charge is 0.152 e. The predicted octanol–water partition coefficient (Wildman–Crippen LogP) is 2.63. The predicted molar refractivity (Wildman–Crippen MR) is 88.8 cm³/mol. The number of fused-ring (bicyclic) bond motifs is 1. The normalized spacial score (nSPS) is 11.4. The molecule has 0 aromatic carbocycles. The Bertz CT molecular complexity index is 550. The molecule has 0 aliphatic rings. The average Bonchev–Trinajstić information content (AvgIpc) is 2.81. The number of hydrogen-bond donors (Lipinski definition) is 1. The second-order valence-corrected chi connectivity index (χ2v) is 6.25. The quantitative estimate of drug-likeness (QED) is 0.850. The average molecular weight is 292 g/mol. The lowest BCUT2D eigenvalue weighted by Crippen LogP contribution is -2.26. The Morgan fingerprint density at radius 2 is 2.20 bits per heavy atom. The van der Waals surface area contributed by atoms with E-state index < -0.39 is 0 Å². The van der Waals surface area contributed by atoms with Crippen molar-refractivity contribution >= 4 is 23.2 Å². The zero-order valence-electron chi connectivity index (χ0n) is 12.8. The summed E-state index contributed by atoms with van der Waals surface area (Å²) < 4.78 is 2.18. The fourth-order valence-corrected chi connectivity index (χ4v) is 2.60. The Kier molecular flexibility index (Phi) is 5.31. The molecule has 2 aromatic rings. The van der Waals surface area contributed by atoms with E-state index in [1.807, 2.05) is 17.8 Å². The molecule has 0 fully saturated rings. The van der Waals surface area contributed by atoms with Crippen LogP contribution in [0.15, 0.2) is 24.4 Å². The minimum atomic E-state index is 0.466. The third kappa shape index (κ3) is 3.46. The van der Waals surface area contributed by atoms with Gasteiger partial charge in [-0.25, -0.2) is 4.98 Å². The number of thioether (sulfide) groups is 1. The van der Waals surface area contributed by atoms with Crippen molar-refractivity contribution < 1.29 is 0 Å². The minimum Gasteiger partial charge on any atom is -0.357 e. The summed E-state index contributed by atoms with van der Waals surface area (Å²) in [5, 5.41) is 3.50. The lowest BCUT2D eigenvalue weighted by Gasteiger charge is -2.18. The van der Waals surface area contributed by atoms with Gasteiger partial charge in [0.2, 0.25) is 0 Å². The molecule has 0 amide bonds. The molecule has 2 heterocycles. The van der Waals surface area contributed by atoms with Crippen molar-refractivity contribution in [3.05, 3.63) is 30.1 Å². The number of nitrogens with zero attached hydrogens (tertiary/aromatic N) is 3. The van der Waals surface area contributed by atoms with Crippen LogP contribution in [0, 0.1) is 0 Å². The number of nitrogens with one attached hydrogen (secondary N) is 1. The molecule has 0 aliphatic carbocycles. The highest BCUT2D eigenvalue weighted by atomic mass is 32.2. The van der Waals surface area contributed by atoms with E-state index in [4.69, 9.17) is 4.98 Å². The number of hydrogen-bond acceptors (Lipinski definition) is 4. The van der Waals surface area contributed by atoms with Gasteiger partial charge in [-0.2, -0.15) is 11.8 Å². The van der Waals surface area contributed by atoms with E-state index in [2.05, 4.69) is 60.1 Å². The standard InChI is InChI=1S/C15H24N4S/c1-12(2)16-11-13-15(18(3)9-10-20-4)17-14-7-5-6-8-19(13)14/h5-8,12,16H,9-11H2,1-4H3. The van der Waals surface area contributed by atoms with Crippen molar-refractivity contribution in [3.8, 4) is 0 Å². The lowest BCUT2D eigenvalue weighted by molar-refractivity contribution is 0.579. The first-order chi connectivity index (χ1) is 9.63. The van der Waals surface area contributed by atoms with Crippen molar-refractivity contribution in [2.45, 2.75) is 26.4 Å². The molecule has 4 nitrogen and oxygen atoms in total. The van der Waals surface area contributed by atoms with Crippen molar-refractivity contribution in [1.82, 2.24) is 14.7 Å². The number of aromatic nitrogens is 2. The molecule has 0 bridgehead atoms. The van der Waals surface area contributed by atoms with Gasteiger partial charge in [0.05, 0.1) is 5.69 Å². The highest BCUT2D eigenvalue weighted by Gasteiger charge is 2.15. The van der Waals surface area contributed by atoms with E-state index in [1.54, 1.807) is 0 Å². The van der Waals surface area contributed by atoms with Crippen molar-refractivity contribution in [1.29, 1.82) is 0 Å². The molecular formula is C15H24N4S. The van der Waals surface area contributed by atoms with Crippen LogP contribution in [0.4, 0.5) is 5.82 Å². The van der Waals surface area contributed by atoms with Crippen LogP contribution < -0.4 is 10.2 Å². The maximum absolute atomic E-state index is 4.78. The molecule has 20 heavy (non-hydrogen) atoms. The van der Waals surface area contributed by atoms with Crippen molar-refractivity contribution in [2.24, 2.45) is 0 Å². The summed E-state index contributed by atoms with van der Waals surface area (Å²) in [6.07, 6.45) is 4.23. The summed E-state index contributed by atoms with van der Waals surface area (Å²) in [7, 11) is 2.12. The van der Waals surface area contributed by atoms with Gasteiger partial charge in [-0.1, -0.05) is 19.9 Å². The van der Waals surface area contributed by atoms with Gasteiger partial charge >= 0.3 is 0 Å². The third-order valence-electron chi connectivity index (χ3n) is 3.28. The maximum Gasteiger partial charge on any atom is 0.152 e. The summed E-state index contributed by atoms with van der Waals surface area (Å²) in [5.74, 6) is 2.19. The number of imidazole rings is 1. The van der Waals surface area contributed by atoms with Crippen LogP contribution in [-0.4, -0.2) is 41.0 Å². The fourth-order valence-electron chi connectivity index (χ4n) is 2.14. The zero-order valence-corrected chi connectivity index (χ0v) is 13.6. The molecule has 110 valence electrons. The second-order valence-electron chi connectivity index (χ2n) is 5.26. The van der Waals surface area contributed by atoms with Crippen LogP contribution in [0.25, 0.3) is 5.65 Å². The first-order valence-electron chi connectivity index (χ1n) is 7.03. The number of anilines is 1. The van der Waals surface area contributed by atoms with Crippen molar-refractivity contribution in [2.75, 3.05) is 30.5 Å². The van der Waals surface area contributed by atoms with Gasteiger partial charge in [0.15, 0.2) is 5.82 Å². The monoisotopic (exact) mass is 292 g/mol. The summed E-state index contributed by atoms with van der Waals surface area (Å²) in [6, 6.07) is 6.62. The van der Waals surface area contributed by atoms with Gasteiger partial charge in [-0.3, -0.25) is 0 Å². The fraction of sp³-hybridized carbons (Fsp3) is 0.533. The largest absolute Gasteiger partial charge is 0.357 e. The molecular weight excluding hydrogens is 268 g/mol. The molecule has 0 radical (unpaired) electrons. The first kappa shape index (κ1) is 15.2. The zero-order chi connectivity index (χ0) is 14.5. The summed E-state index contributed by atoms with van der Waals surface area (Å²) in [4.78, 5) is 7.03. The van der Waals surface area contributed by atoms with Gasteiger partial charge in [-0.05, 0) is 18.4 Å². The summed E-state index contributed by atoms with van der Waals surface area (Å²) in [6.45, 7) is 6.18. The van der Waals surface area contributed by atoms with Gasteiger partial charge in [0.25, 0.3) is 0 Å². The summed E-state index contributed by atoms with van der Waals surface area (Å²) in [5.41, 5.74) is 2.25. The van der Waals surface area contributed by atoms with E-state index in [1.165, 1.54) is 5.69 Å². The SMILES string of the molecule is CSCCN(C)c1nc2ccccn2c1CNC(C)C. The number of rotatable bonds is 7. The molecule has 0 spiro atoms. The molecule has 0 saturated heterocycles. The highest BCUT2D eigenvalue weighted by Crippen LogP contribution is 2.21. The van der Waals surface area contributed by atoms with E-state index in [0.717, 1.165) is 30.3 Å². The molecule has 0 unspecified atom stereocenters. The molecule has 0 aliphatic heterocycles. The highest BCUT2D eigenvalue weighted by molar-refractivity contribution is 7.98. The molecule has 2 aromatic heterocycles. The van der Waals surface area contributed by atoms with Gasteiger partial charge < -0.3 is 14.6 Å². The van der Waals surface area contributed by atoms with E-state index in [0.29, 0.717) is 6.04 Å². The van der Waals surface area contributed by atoms with Crippen LogP contribution in [0.5, 0.6) is 0 Å². The third-order valence-corrected chi connectivity index (χ3v) is 3.87. The van der Waals surface area contributed by atoms with Gasteiger partial charge in [0.1, 0.15) is 5.65 Å².